The van der Waals surface area contributed by atoms with E-state index in [9.17, 15) is 19.5 Å². The Kier molecular flexibility index (Phi) is 10.5. The second-order valence-corrected chi connectivity index (χ2v) is 16.6. The zero-order valence-corrected chi connectivity index (χ0v) is 33.1. The SMILES string of the molecule is COc1nc(-c2ccnc(-c3cccc(NC(=O)c4nc5c(n4C)CCN(CCC46CCC(C(=O)O)(CC4)C6)C5)c3Cl)c2Cl)ccc1CNC[C@H]1CCC(=O)N1. The molecule has 2 aliphatic heterocycles. The lowest BCUT2D eigenvalue weighted by Crippen LogP contribution is -2.35. The van der Waals surface area contributed by atoms with Crippen LogP contribution in [0.15, 0.2) is 42.6 Å². The normalized spacial score (nSPS) is 22.9. The van der Waals surface area contributed by atoms with Gasteiger partial charge in [0.15, 0.2) is 5.82 Å². The van der Waals surface area contributed by atoms with Gasteiger partial charge in [0.05, 0.1) is 45.3 Å². The highest BCUT2D eigenvalue weighted by molar-refractivity contribution is 6.39. The third kappa shape index (κ3) is 7.26. The van der Waals surface area contributed by atoms with Crippen LogP contribution in [0.5, 0.6) is 5.88 Å². The lowest BCUT2D eigenvalue weighted by Gasteiger charge is -2.32. The van der Waals surface area contributed by atoms with E-state index in [-0.39, 0.29) is 28.3 Å². The summed E-state index contributed by atoms with van der Waals surface area (Å²) in [7, 11) is 3.44. The van der Waals surface area contributed by atoms with Crippen molar-refractivity contribution in [3.8, 4) is 28.4 Å². The molecule has 3 aromatic heterocycles. The molecule has 3 fully saturated rings. The number of fused-ring (bicyclic) bond motifs is 3. The van der Waals surface area contributed by atoms with Gasteiger partial charge in [0.1, 0.15) is 0 Å². The van der Waals surface area contributed by atoms with Gasteiger partial charge in [-0.15, -0.1) is 0 Å². The molecule has 4 N–H and O–H groups in total. The molecule has 1 atom stereocenters. The number of imidazole rings is 1. The van der Waals surface area contributed by atoms with Crippen LogP contribution in [-0.2, 0) is 36.1 Å². The molecular weight excluding hydrogens is 755 g/mol. The highest BCUT2D eigenvalue weighted by Crippen LogP contribution is 2.63. The second-order valence-electron chi connectivity index (χ2n) is 15.9. The van der Waals surface area contributed by atoms with Gasteiger partial charge in [-0.3, -0.25) is 24.3 Å². The third-order valence-electron chi connectivity index (χ3n) is 12.5. The van der Waals surface area contributed by atoms with Gasteiger partial charge in [0, 0.05) is 80.7 Å². The van der Waals surface area contributed by atoms with Crippen molar-refractivity contribution in [2.75, 3.05) is 32.1 Å². The average Bonchev–Trinajstić information content (AvgIpc) is 3.98. The summed E-state index contributed by atoms with van der Waals surface area (Å²) < 4.78 is 7.50. The highest BCUT2D eigenvalue weighted by Gasteiger charge is 2.57. The van der Waals surface area contributed by atoms with E-state index in [4.69, 9.17) is 37.9 Å². The Hall–Kier alpha value is -4.56. The van der Waals surface area contributed by atoms with Crippen LogP contribution < -0.4 is 20.7 Å². The summed E-state index contributed by atoms with van der Waals surface area (Å²) in [5.74, 6) is -0.162. The summed E-state index contributed by atoms with van der Waals surface area (Å²) in [6, 6.07) is 11.0. The van der Waals surface area contributed by atoms with E-state index < -0.39 is 11.4 Å². The predicted molar refractivity (Wildman–Crippen MR) is 213 cm³/mol. The number of carboxylic acid groups (broad SMARTS) is 1. The first kappa shape index (κ1) is 38.3. The van der Waals surface area contributed by atoms with Crippen molar-refractivity contribution in [3.63, 3.8) is 0 Å². The number of methoxy groups -OCH3 is 1. The smallest absolute Gasteiger partial charge is 0.309 e. The summed E-state index contributed by atoms with van der Waals surface area (Å²) in [5.41, 5.74) is 5.03. The number of nitrogens with zero attached hydrogens (tertiary/aromatic N) is 5. The number of hydrogen-bond acceptors (Lipinski definition) is 9. The van der Waals surface area contributed by atoms with Crippen LogP contribution in [0.4, 0.5) is 5.69 Å². The fraction of sp³-hybridized carbons (Fsp3) is 0.463. The van der Waals surface area contributed by atoms with Crippen molar-refractivity contribution >= 4 is 46.7 Å². The van der Waals surface area contributed by atoms with Gasteiger partial charge in [-0.25, -0.2) is 9.97 Å². The number of rotatable bonds is 13. The maximum absolute atomic E-state index is 13.7. The van der Waals surface area contributed by atoms with Crippen molar-refractivity contribution in [3.05, 3.63) is 75.4 Å². The van der Waals surface area contributed by atoms with Crippen LogP contribution in [0.2, 0.25) is 10.0 Å². The first-order chi connectivity index (χ1) is 27.0. The van der Waals surface area contributed by atoms with E-state index in [2.05, 4.69) is 25.8 Å². The van der Waals surface area contributed by atoms with Crippen LogP contribution >= 0.6 is 23.2 Å². The first-order valence-electron chi connectivity index (χ1n) is 19.3. The molecule has 13 nitrogen and oxygen atoms in total. The van der Waals surface area contributed by atoms with Crippen molar-refractivity contribution in [1.29, 1.82) is 0 Å². The van der Waals surface area contributed by atoms with Gasteiger partial charge in [0.2, 0.25) is 11.8 Å². The Bertz CT molecular complexity index is 2200. The minimum atomic E-state index is -0.628. The largest absolute Gasteiger partial charge is 0.481 e. The number of carbonyl (C=O) groups is 3. The van der Waals surface area contributed by atoms with E-state index in [1.54, 1.807) is 37.6 Å². The summed E-state index contributed by atoms with van der Waals surface area (Å²) >= 11 is 14.0. The number of pyridine rings is 2. The molecule has 1 saturated heterocycles. The summed E-state index contributed by atoms with van der Waals surface area (Å²) in [4.78, 5) is 53.7. The summed E-state index contributed by atoms with van der Waals surface area (Å²) in [6.45, 7) is 3.57. The number of carbonyl (C=O) groups excluding carboxylic acids is 2. The number of hydrogen-bond donors (Lipinski definition) is 4. The highest BCUT2D eigenvalue weighted by atomic mass is 35.5. The standard InChI is InChI=1S/C41H46Cl2N8O5/c1-50-31-11-18-51(19-16-40-12-14-41(23-40,15-13-40)39(54)55)22-30(31)47-36(50)37(53)48-29-5-3-4-27(33(29)42)35-34(43)26(10-17-45-35)28-8-6-24(38(49-28)56-2)20-44-21-25-7-9-32(52)46-25/h3-6,8,10,17,25,44H,7,9,11-16,18-23H2,1-2H3,(H,46,52)(H,48,53)(H,54,55)/t25-,40?,41?/m1/s1. The van der Waals surface area contributed by atoms with Gasteiger partial charge in [0.25, 0.3) is 5.91 Å². The van der Waals surface area contributed by atoms with Crippen LogP contribution in [0.25, 0.3) is 22.5 Å². The fourth-order valence-corrected chi connectivity index (χ4v) is 9.86. The van der Waals surface area contributed by atoms with Gasteiger partial charge >= 0.3 is 5.97 Å². The second kappa shape index (κ2) is 15.4. The van der Waals surface area contributed by atoms with Gasteiger partial charge < -0.3 is 30.4 Å². The number of amides is 2. The topological polar surface area (TPSA) is 164 Å². The lowest BCUT2D eigenvalue weighted by atomic mass is 9.80. The zero-order chi connectivity index (χ0) is 39.2. The number of halogens is 2. The van der Waals surface area contributed by atoms with Crippen molar-refractivity contribution < 1.29 is 24.2 Å². The number of aliphatic carboxylic acids is 1. The molecule has 8 rings (SSSR count). The van der Waals surface area contributed by atoms with E-state index in [1.807, 2.05) is 23.7 Å². The minimum absolute atomic E-state index is 0.0830. The van der Waals surface area contributed by atoms with E-state index in [1.165, 1.54) is 0 Å². The number of aromatic nitrogens is 4. The number of benzene rings is 1. The van der Waals surface area contributed by atoms with Crippen molar-refractivity contribution in [1.82, 2.24) is 35.1 Å². The average molecular weight is 802 g/mol. The Labute approximate surface area is 335 Å². The maximum Gasteiger partial charge on any atom is 0.309 e. The van der Waals surface area contributed by atoms with Crippen LogP contribution in [-0.4, -0.2) is 80.1 Å². The Morgan fingerprint density at radius 1 is 1.05 bits per heavy atom. The zero-order valence-electron chi connectivity index (χ0n) is 31.6. The Morgan fingerprint density at radius 3 is 2.61 bits per heavy atom. The molecule has 4 aromatic rings. The lowest BCUT2D eigenvalue weighted by molar-refractivity contribution is -0.148. The maximum atomic E-state index is 13.7. The molecule has 2 bridgehead atoms. The minimum Gasteiger partial charge on any atom is -0.481 e. The molecular formula is C41H46Cl2N8O5. The number of carboxylic acids is 1. The molecule has 4 aliphatic rings. The van der Waals surface area contributed by atoms with Crippen LogP contribution in [0.3, 0.4) is 0 Å². The van der Waals surface area contributed by atoms with Gasteiger partial charge in [-0.1, -0.05) is 41.4 Å². The molecule has 15 heteroatoms. The number of ether oxygens (including phenoxy) is 1. The molecule has 2 aliphatic carbocycles. The number of nitrogens with one attached hydrogen (secondary N) is 3. The van der Waals surface area contributed by atoms with Crippen LogP contribution in [0.1, 0.15) is 78.9 Å². The molecule has 5 heterocycles. The van der Waals surface area contributed by atoms with Gasteiger partial charge in [-0.05, 0) is 75.1 Å². The Balaban J connectivity index is 0.941. The van der Waals surface area contributed by atoms with Gasteiger partial charge in [-0.2, -0.15) is 0 Å². The van der Waals surface area contributed by atoms with Crippen molar-refractivity contribution in [2.24, 2.45) is 17.9 Å². The van der Waals surface area contributed by atoms with Crippen molar-refractivity contribution in [2.45, 2.75) is 76.9 Å². The number of anilines is 1. The Morgan fingerprint density at radius 2 is 1.88 bits per heavy atom. The van der Waals surface area contributed by atoms with E-state index >= 15 is 0 Å². The monoisotopic (exact) mass is 800 g/mol. The van der Waals surface area contributed by atoms with Crippen LogP contribution in [0, 0.1) is 10.8 Å². The van der Waals surface area contributed by atoms with E-state index in [0.29, 0.717) is 71.0 Å². The molecule has 0 radical (unpaired) electrons. The molecule has 56 heavy (non-hydrogen) atoms. The van der Waals surface area contributed by atoms with E-state index in [0.717, 1.165) is 81.4 Å². The quantitative estimate of drug-likeness (QED) is 0.121. The molecule has 294 valence electrons. The summed E-state index contributed by atoms with van der Waals surface area (Å²) in [5, 5.41) is 19.8. The first-order valence-corrected chi connectivity index (χ1v) is 20.0. The fourth-order valence-electron chi connectivity index (χ4n) is 9.29. The predicted octanol–water partition coefficient (Wildman–Crippen LogP) is 6.26. The summed E-state index contributed by atoms with van der Waals surface area (Å²) in [6.07, 6.45) is 9.15. The molecule has 2 amide bonds. The molecule has 1 aromatic carbocycles. The molecule has 0 unspecified atom stereocenters. The third-order valence-corrected chi connectivity index (χ3v) is 13.3. The molecule has 2 saturated carbocycles. The molecule has 0 spiro atoms.